The zero-order valence-electron chi connectivity index (χ0n) is 13.2. The minimum Gasteiger partial charge on any atom is -0.503 e. The summed E-state index contributed by atoms with van der Waals surface area (Å²) in [6.45, 7) is 5.59. The number of aromatic hydroxyl groups is 1. The molecule has 0 aromatic carbocycles. The molecule has 1 fully saturated rings. The van der Waals surface area contributed by atoms with Gasteiger partial charge in [-0.3, -0.25) is 14.5 Å². The highest BCUT2D eigenvalue weighted by Crippen LogP contribution is 2.14. The van der Waals surface area contributed by atoms with Gasteiger partial charge in [-0.1, -0.05) is 6.42 Å². The molecule has 0 atom stereocenters. The van der Waals surface area contributed by atoms with Crippen LogP contribution in [0.2, 0.25) is 0 Å². The fourth-order valence-corrected chi connectivity index (χ4v) is 2.81. The van der Waals surface area contributed by atoms with E-state index in [0.29, 0.717) is 13.1 Å². The third kappa shape index (κ3) is 4.87. The van der Waals surface area contributed by atoms with Crippen LogP contribution in [0.4, 0.5) is 0 Å². The Kier molecular flexibility index (Phi) is 6.00. The molecule has 0 unspecified atom stereocenters. The van der Waals surface area contributed by atoms with Crippen LogP contribution >= 0.6 is 0 Å². The minimum absolute atomic E-state index is 0.0451. The highest BCUT2D eigenvalue weighted by atomic mass is 16.3. The number of hydrogen-bond acceptors (Lipinski definition) is 4. The smallest absolute Gasteiger partial charge is 0.223 e. The van der Waals surface area contributed by atoms with Crippen molar-refractivity contribution in [1.82, 2.24) is 14.8 Å². The number of nitrogens with one attached hydrogen (secondary N) is 1. The SMILES string of the molecule is CC(=O)NCCCn1cc(O)c(=O)cc1CN1CCCCC1. The number of aromatic nitrogens is 1. The van der Waals surface area contributed by atoms with E-state index in [1.807, 2.05) is 4.57 Å². The van der Waals surface area contributed by atoms with Gasteiger partial charge in [-0.2, -0.15) is 0 Å². The fraction of sp³-hybridized carbons (Fsp3) is 0.625. The summed E-state index contributed by atoms with van der Waals surface area (Å²) in [5.74, 6) is -0.266. The van der Waals surface area contributed by atoms with Gasteiger partial charge in [-0.15, -0.1) is 0 Å². The number of pyridine rings is 1. The molecule has 0 saturated carbocycles. The highest BCUT2D eigenvalue weighted by molar-refractivity contribution is 5.72. The normalized spacial score (nSPS) is 15.7. The third-order valence-corrected chi connectivity index (χ3v) is 3.98. The standard InChI is InChI=1S/C16H25N3O3/c1-13(20)17-6-5-9-19-12-16(22)15(21)10-14(19)11-18-7-3-2-4-8-18/h10,12,22H,2-9,11H2,1H3,(H,17,20). The number of piperidine rings is 1. The summed E-state index contributed by atoms with van der Waals surface area (Å²) in [5, 5.41) is 12.4. The quantitative estimate of drug-likeness (QED) is 0.771. The van der Waals surface area contributed by atoms with Gasteiger partial charge < -0.3 is 15.0 Å². The fourth-order valence-electron chi connectivity index (χ4n) is 2.81. The second-order valence-electron chi connectivity index (χ2n) is 5.88. The van der Waals surface area contributed by atoms with Gasteiger partial charge >= 0.3 is 0 Å². The topological polar surface area (TPSA) is 74.6 Å². The number of hydrogen-bond donors (Lipinski definition) is 2. The number of likely N-dealkylation sites (tertiary alicyclic amines) is 1. The summed E-state index contributed by atoms with van der Waals surface area (Å²) in [4.78, 5) is 24.9. The van der Waals surface area contributed by atoms with Crippen molar-refractivity contribution in [2.45, 2.75) is 45.7 Å². The third-order valence-electron chi connectivity index (χ3n) is 3.98. The van der Waals surface area contributed by atoms with E-state index in [1.54, 1.807) is 0 Å². The lowest BCUT2D eigenvalue weighted by Gasteiger charge is -2.27. The first kappa shape index (κ1) is 16.5. The molecule has 0 spiro atoms. The average molecular weight is 307 g/mol. The first-order chi connectivity index (χ1) is 10.6. The molecule has 1 saturated heterocycles. The molecule has 0 radical (unpaired) electrons. The van der Waals surface area contributed by atoms with Gasteiger partial charge in [0.05, 0.1) is 6.20 Å². The molecule has 1 aromatic rings. The Hall–Kier alpha value is -1.82. The number of carbonyl (C=O) groups excluding carboxylic acids is 1. The van der Waals surface area contributed by atoms with Gasteiger partial charge in [-0.25, -0.2) is 0 Å². The van der Waals surface area contributed by atoms with Gasteiger partial charge in [0.1, 0.15) is 0 Å². The Morgan fingerprint density at radius 2 is 2.05 bits per heavy atom. The number of nitrogens with zero attached hydrogens (tertiary/aromatic N) is 2. The van der Waals surface area contributed by atoms with Gasteiger partial charge in [0.2, 0.25) is 11.3 Å². The van der Waals surface area contributed by atoms with E-state index >= 15 is 0 Å². The molecule has 6 nitrogen and oxygen atoms in total. The predicted octanol–water partition coefficient (Wildman–Crippen LogP) is 1.07. The Labute approximate surface area is 130 Å². The number of rotatable bonds is 6. The van der Waals surface area contributed by atoms with Crippen molar-refractivity contribution in [2.24, 2.45) is 0 Å². The minimum atomic E-state index is -0.329. The van der Waals surface area contributed by atoms with Gasteiger partial charge in [0.15, 0.2) is 5.75 Å². The number of carbonyl (C=O) groups is 1. The van der Waals surface area contributed by atoms with Gasteiger partial charge in [-0.05, 0) is 32.4 Å². The van der Waals surface area contributed by atoms with Gasteiger partial charge in [0, 0.05) is 38.3 Å². The van der Waals surface area contributed by atoms with Crippen molar-refractivity contribution in [3.8, 4) is 5.75 Å². The van der Waals surface area contributed by atoms with Crippen LogP contribution in [-0.4, -0.2) is 40.1 Å². The maximum atomic E-state index is 11.7. The van der Waals surface area contributed by atoms with Crippen LogP contribution in [0, 0.1) is 0 Å². The first-order valence-electron chi connectivity index (χ1n) is 7.95. The molecule has 0 bridgehead atoms. The number of aryl methyl sites for hydroxylation is 1. The van der Waals surface area contributed by atoms with E-state index < -0.39 is 0 Å². The molecule has 22 heavy (non-hydrogen) atoms. The Morgan fingerprint density at radius 1 is 1.32 bits per heavy atom. The van der Waals surface area contributed by atoms with Crippen molar-refractivity contribution in [1.29, 1.82) is 0 Å². The maximum Gasteiger partial charge on any atom is 0.223 e. The molecule has 1 aliphatic heterocycles. The maximum absolute atomic E-state index is 11.7. The van der Waals surface area contributed by atoms with Crippen molar-refractivity contribution in [2.75, 3.05) is 19.6 Å². The van der Waals surface area contributed by atoms with E-state index in [4.69, 9.17) is 0 Å². The van der Waals surface area contributed by atoms with E-state index in [1.165, 1.54) is 38.4 Å². The summed E-state index contributed by atoms with van der Waals surface area (Å²) in [5.41, 5.74) is 0.595. The lowest BCUT2D eigenvalue weighted by Crippen LogP contribution is -2.31. The first-order valence-corrected chi connectivity index (χ1v) is 7.95. The van der Waals surface area contributed by atoms with E-state index in [0.717, 1.165) is 31.7 Å². The Balaban J connectivity index is 2.03. The van der Waals surface area contributed by atoms with Crippen LogP contribution in [0.1, 0.15) is 38.3 Å². The van der Waals surface area contributed by atoms with Crippen LogP contribution in [0.5, 0.6) is 5.75 Å². The lowest BCUT2D eigenvalue weighted by atomic mass is 10.1. The van der Waals surface area contributed by atoms with Crippen molar-refractivity contribution < 1.29 is 9.90 Å². The van der Waals surface area contributed by atoms with Crippen LogP contribution in [0.3, 0.4) is 0 Å². The molecule has 1 amide bonds. The summed E-state index contributed by atoms with van der Waals surface area (Å²) in [6, 6.07) is 1.53. The van der Waals surface area contributed by atoms with Crippen LogP contribution in [-0.2, 0) is 17.9 Å². The largest absolute Gasteiger partial charge is 0.503 e. The molecule has 2 N–H and O–H groups in total. The second kappa shape index (κ2) is 7.98. The molecule has 0 aliphatic carbocycles. The van der Waals surface area contributed by atoms with Crippen molar-refractivity contribution in [3.05, 3.63) is 28.2 Å². The average Bonchev–Trinajstić information content (AvgIpc) is 2.49. The molecule has 1 aliphatic rings. The molecule has 2 heterocycles. The summed E-state index contributed by atoms with van der Waals surface area (Å²) < 4.78 is 1.92. The van der Waals surface area contributed by atoms with Crippen LogP contribution in [0.25, 0.3) is 0 Å². The monoisotopic (exact) mass is 307 g/mol. The zero-order chi connectivity index (χ0) is 15.9. The molecule has 122 valence electrons. The molecule has 2 rings (SSSR count). The molecular weight excluding hydrogens is 282 g/mol. The van der Waals surface area contributed by atoms with E-state index in [-0.39, 0.29) is 17.1 Å². The summed E-state index contributed by atoms with van der Waals surface area (Å²) in [6.07, 6.45) is 5.94. The molecule has 6 heteroatoms. The van der Waals surface area contributed by atoms with E-state index in [2.05, 4.69) is 10.2 Å². The molecule has 1 aromatic heterocycles. The number of amides is 1. The van der Waals surface area contributed by atoms with Crippen LogP contribution < -0.4 is 10.7 Å². The highest BCUT2D eigenvalue weighted by Gasteiger charge is 2.13. The predicted molar refractivity (Wildman–Crippen MR) is 84.8 cm³/mol. The Bertz CT molecular complexity index is 562. The molecular formula is C16H25N3O3. The zero-order valence-corrected chi connectivity index (χ0v) is 13.2. The second-order valence-corrected chi connectivity index (χ2v) is 5.88. The summed E-state index contributed by atoms with van der Waals surface area (Å²) in [7, 11) is 0. The Morgan fingerprint density at radius 3 is 2.73 bits per heavy atom. The van der Waals surface area contributed by atoms with Gasteiger partial charge in [0.25, 0.3) is 0 Å². The van der Waals surface area contributed by atoms with E-state index in [9.17, 15) is 14.7 Å². The summed E-state index contributed by atoms with van der Waals surface area (Å²) >= 11 is 0. The lowest BCUT2D eigenvalue weighted by molar-refractivity contribution is -0.118. The van der Waals surface area contributed by atoms with Crippen LogP contribution in [0.15, 0.2) is 17.1 Å². The van der Waals surface area contributed by atoms with Crippen molar-refractivity contribution in [3.63, 3.8) is 0 Å². The van der Waals surface area contributed by atoms with Crippen molar-refractivity contribution >= 4 is 5.91 Å².